The standard InChI is InChI=1S/C13H15ClO3/c14-11-4-2-10(3-5-11)12(15)6-7-13-16-8-1-9-17-13/h2-5,13H,1,6-9H2. The summed E-state index contributed by atoms with van der Waals surface area (Å²) in [5, 5.41) is 0.639. The van der Waals surface area contributed by atoms with Gasteiger partial charge in [-0.1, -0.05) is 11.6 Å². The van der Waals surface area contributed by atoms with Crippen LogP contribution in [0.25, 0.3) is 0 Å². The van der Waals surface area contributed by atoms with Crippen molar-refractivity contribution in [3.8, 4) is 0 Å². The number of carbonyl (C=O) groups excluding carboxylic acids is 1. The Bertz CT molecular complexity index is 369. The number of Topliss-reactive ketones (excluding diaryl/α,β-unsaturated/α-hetero) is 1. The summed E-state index contributed by atoms with van der Waals surface area (Å²) in [5.74, 6) is 0.0967. The third kappa shape index (κ3) is 3.80. The lowest BCUT2D eigenvalue weighted by Crippen LogP contribution is -2.25. The quantitative estimate of drug-likeness (QED) is 0.775. The van der Waals surface area contributed by atoms with Gasteiger partial charge in [0.1, 0.15) is 0 Å². The van der Waals surface area contributed by atoms with Gasteiger partial charge in [-0.15, -0.1) is 0 Å². The molecule has 0 amide bonds. The lowest BCUT2D eigenvalue weighted by Gasteiger charge is -2.22. The molecule has 1 saturated heterocycles. The molecule has 0 N–H and O–H groups in total. The van der Waals surface area contributed by atoms with Gasteiger partial charge in [-0.05, 0) is 30.7 Å². The number of halogens is 1. The minimum atomic E-state index is -0.222. The number of hydrogen-bond donors (Lipinski definition) is 0. The zero-order valence-electron chi connectivity index (χ0n) is 9.52. The molecule has 17 heavy (non-hydrogen) atoms. The van der Waals surface area contributed by atoms with E-state index in [-0.39, 0.29) is 12.1 Å². The van der Waals surface area contributed by atoms with Crippen molar-refractivity contribution >= 4 is 17.4 Å². The van der Waals surface area contributed by atoms with E-state index in [0.29, 0.717) is 23.4 Å². The summed E-state index contributed by atoms with van der Waals surface area (Å²) in [6, 6.07) is 6.94. The van der Waals surface area contributed by atoms with Gasteiger partial charge in [-0.2, -0.15) is 0 Å². The summed E-state index contributed by atoms with van der Waals surface area (Å²) in [7, 11) is 0. The van der Waals surface area contributed by atoms with Crippen molar-refractivity contribution in [3.05, 3.63) is 34.9 Å². The van der Waals surface area contributed by atoms with E-state index in [1.165, 1.54) is 0 Å². The molecule has 0 radical (unpaired) electrons. The van der Waals surface area contributed by atoms with Crippen molar-refractivity contribution in [2.75, 3.05) is 13.2 Å². The molecule has 0 unspecified atom stereocenters. The molecule has 0 atom stereocenters. The van der Waals surface area contributed by atoms with E-state index in [2.05, 4.69) is 0 Å². The first-order chi connectivity index (χ1) is 8.25. The van der Waals surface area contributed by atoms with E-state index in [0.717, 1.165) is 19.6 Å². The lowest BCUT2D eigenvalue weighted by molar-refractivity contribution is -0.180. The minimum absolute atomic E-state index is 0.0967. The van der Waals surface area contributed by atoms with Gasteiger partial charge >= 0.3 is 0 Å². The maximum atomic E-state index is 11.8. The van der Waals surface area contributed by atoms with Crippen molar-refractivity contribution < 1.29 is 14.3 Å². The first-order valence-corrected chi connectivity index (χ1v) is 6.15. The second-order valence-corrected chi connectivity index (χ2v) is 4.43. The molecule has 4 heteroatoms. The van der Waals surface area contributed by atoms with Gasteiger partial charge in [0.25, 0.3) is 0 Å². The molecule has 0 aromatic heterocycles. The van der Waals surface area contributed by atoms with Crippen LogP contribution in [-0.4, -0.2) is 25.3 Å². The smallest absolute Gasteiger partial charge is 0.163 e. The fraction of sp³-hybridized carbons (Fsp3) is 0.462. The summed E-state index contributed by atoms with van der Waals surface area (Å²) in [4.78, 5) is 11.8. The molecule has 0 aliphatic carbocycles. The summed E-state index contributed by atoms with van der Waals surface area (Å²) < 4.78 is 10.8. The Labute approximate surface area is 106 Å². The van der Waals surface area contributed by atoms with Crippen LogP contribution in [0, 0.1) is 0 Å². The highest BCUT2D eigenvalue weighted by atomic mass is 35.5. The van der Waals surface area contributed by atoms with Gasteiger partial charge in [-0.25, -0.2) is 0 Å². The van der Waals surface area contributed by atoms with E-state index >= 15 is 0 Å². The Hall–Kier alpha value is -0.900. The number of benzene rings is 1. The summed E-state index contributed by atoms with van der Waals surface area (Å²) >= 11 is 5.76. The highest BCUT2D eigenvalue weighted by molar-refractivity contribution is 6.30. The molecule has 1 heterocycles. The number of carbonyl (C=O) groups is 1. The van der Waals surface area contributed by atoms with E-state index in [9.17, 15) is 4.79 Å². The SMILES string of the molecule is O=C(CCC1OCCCO1)c1ccc(Cl)cc1. The monoisotopic (exact) mass is 254 g/mol. The summed E-state index contributed by atoms with van der Waals surface area (Å²) in [6.07, 6.45) is 1.76. The number of hydrogen-bond acceptors (Lipinski definition) is 3. The van der Waals surface area contributed by atoms with E-state index < -0.39 is 0 Å². The first-order valence-electron chi connectivity index (χ1n) is 5.78. The zero-order valence-corrected chi connectivity index (χ0v) is 10.3. The van der Waals surface area contributed by atoms with Crippen molar-refractivity contribution in [2.45, 2.75) is 25.6 Å². The molecular weight excluding hydrogens is 240 g/mol. The first kappa shape index (κ1) is 12.6. The Morgan fingerprint density at radius 1 is 1.24 bits per heavy atom. The van der Waals surface area contributed by atoms with Crippen LogP contribution in [0.2, 0.25) is 5.02 Å². The number of rotatable bonds is 4. The number of ketones is 1. The molecule has 1 aliphatic heterocycles. The van der Waals surface area contributed by atoms with Gasteiger partial charge in [0.05, 0.1) is 13.2 Å². The number of ether oxygens (including phenoxy) is 2. The van der Waals surface area contributed by atoms with Crippen LogP contribution >= 0.6 is 11.6 Å². The third-order valence-corrected chi connectivity index (χ3v) is 2.92. The van der Waals surface area contributed by atoms with Crippen molar-refractivity contribution in [1.82, 2.24) is 0 Å². The Balaban J connectivity index is 1.82. The zero-order chi connectivity index (χ0) is 12.1. The minimum Gasteiger partial charge on any atom is -0.353 e. The Morgan fingerprint density at radius 2 is 1.88 bits per heavy atom. The molecule has 92 valence electrons. The predicted molar refractivity (Wildman–Crippen MR) is 65.3 cm³/mol. The second-order valence-electron chi connectivity index (χ2n) is 3.99. The van der Waals surface area contributed by atoms with Crippen molar-refractivity contribution in [2.24, 2.45) is 0 Å². The van der Waals surface area contributed by atoms with E-state index in [1.54, 1.807) is 24.3 Å². The molecule has 1 aromatic rings. The molecule has 0 spiro atoms. The van der Waals surface area contributed by atoms with Gasteiger partial charge < -0.3 is 9.47 Å². The van der Waals surface area contributed by atoms with Gasteiger partial charge in [0.2, 0.25) is 0 Å². The molecule has 1 fully saturated rings. The second kappa shape index (κ2) is 6.15. The van der Waals surface area contributed by atoms with E-state index in [1.807, 2.05) is 0 Å². The average Bonchev–Trinajstić information content (AvgIpc) is 2.38. The fourth-order valence-corrected chi connectivity index (χ4v) is 1.86. The molecule has 0 saturated carbocycles. The van der Waals surface area contributed by atoms with Crippen LogP contribution in [0.3, 0.4) is 0 Å². The van der Waals surface area contributed by atoms with Crippen LogP contribution in [0.1, 0.15) is 29.6 Å². The molecule has 3 nitrogen and oxygen atoms in total. The third-order valence-electron chi connectivity index (χ3n) is 2.67. The normalized spacial score (nSPS) is 17.0. The maximum absolute atomic E-state index is 11.8. The van der Waals surface area contributed by atoms with Crippen LogP contribution in [0.5, 0.6) is 0 Å². The highest BCUT2D eigenvalue weighted by Gasteiger charge is 2.16. The van der Waals surface area contributed by atoms with E-state index in [4.69, 9.17) is 21.1 Å². The van der Waals surface area contributed by atoms with Crippen molar-refractivity contribution in [3.63, 3.8) is 0 Å². The highest BCUT2D eigenvalue weighted by Crippen LogP contribution is 2.15. The average molecular weight is 255 g/mol. The molecule has 0 bridgehead atoms. The van der Waals surface area contributed by atoms with Crippen LogP contribution in [0.4, 0.5) is 0 Å². The largest absolute Gasteiger partial charge is 0.353 e. The van der Waals surface area contributed by atoms with Crippen LogP contribution < -0.4 is 0 Å². The Kier molecular flexibility index (Phi) is 4.54. The topological polar surface area (TPSA) is 35.5 Å². The van der Waals surface area contributed by atoms with Crippen molar-refractivity contribution in [1.29, 1.82) is 0 Å². The summed E-state index contributed by atoms with van der Waals surface area (Å²) in [6.45, 7) is 1.44. The lowest BCUT2D eigenvalue weighted by atomic mass is 10.1. The van der Waals surface area contributed by atoms with Gasteiger partial charge in [0, 0.05) is 23.4 Å². The van der Waals surface area contributed by atoms with Crippen LogP contribution in [0.15, 0.2) is 24.3 Å². The van der Waals surface area contributed by atoms with Gasteiger partial charge in [-0.3, -0.25) is 4.79 Å². The molecule has 1 aromatic carbocycles. The summed E-state index contributed by atoms with van der Waals surface area (Å²) in [5.41, 5.74) is 0.685. The molecule has 1 aliphatic rings. The molecule has 2 rings (SSSR count). The van der Waals surface area contributed by atoms with Crippen LogP contribution in [-0.2, 0) is 9.47 Å². The Morgan fingerprint density at radius 3 is 2.53 bits per heavy atom. The maximum Gasteiger partial charge on any atom is 0.163 e. The fourth-order valence-electron chi connectivity index (χ4n) is 1.73. The molecular formula is C13H15ClO3. The van der Waals surface area contributed by atoms with Gasteiger partial charge in [0.15, 0.2) is 12.1 Å². The predicted octanol–water partition coefficient (Wildman–Crippen LogP) is 3.07.